The SMILES string of the molecule is N#Cc1ccc(N2C(=O)[C@H]3CCCC[C@@H]3C2=O)cc1. The van der Waals surface area contributed by atoms with E-state index in [9.17, 15) is 9.59 Å². The summed E-state index contributed by atoms with van der Waals surface area (Å²) in [5.74, 6) is -0.396. The van der Waals surface area contributed by atoms with E-state index in [1.807, 2.05) is 6.07 Å². The van der Waals surface area contributed by atoms with Crippen LogP contribution in [0.3, 0.4) is 0 Å². The number of hydrogen-bond donors (Lipinski definition) is 0. The zero-order valence-corrected chi connectivity index (χ0v) is 10.5. The van der Waals surface area contributed by atoms with Crippen molar-refractivity contribution in [1.82, 2.24) is 0 Å². The van der Waals surface area contributed by atoms with Crippen molar-refractivity contribution in [3.63, 3.8) is 0 Å². The van der Waals surface area contributed by atoms with E-state index in [1.54, 1.807) is 24.3 Å². The summed E-state index contributed by atoms with van der Waals surface area (Å²) in [6, 6.07) is 8.65. The van der Waals surface area contributed by atoms with E-state index in [0.29, 0.717) is 11.3 Å². The highest BCUT2D eigenvalue weighted by atomic mass is 16.2. The summed E-state index contributed by atoms with van der Waals surface area (Å²) >= 11 is 0. The quantitative estimate of drug-likeness (QED) is 0.722. The van der Waals surface area contributed by atoms with Crippen LogP contribution in [0.25, 0.3) is 0 Å². The van der Waals surface area contributed by atoms with E-state index in [0.717, 1.165) is 25.7 Å². The summed E-state index contributed by atoms with van der Waals surface area (Å²) in [7, 11) is 0. The van der Waals surface area contributed by atoms with Crippen LogP contribution in [0.5, 0.6) is 0 Å². The number of benzene rings is 1. The fourth-order valence-electron chi connectivity index (χ4n) is 3.10. The molecule has 4 heteroatoms. The molecule has 19 heavy (non-hydrogen) atoms. The van der Waals surface area contributed by atoms with Gasteiger partial charge in [-0.3, -0.25) is 14.5 Å². The Bertz CT molecular complexity index is 547. The molecule has 2 aliphatic rings. The molecule has 2 atom stereocenters. The first-order chi connectivity index (χ1) is 9.22. The van der Waals surface area contributed by atoms with E-state index >= 15 is 0 Å². The minimum Gasteiger partial charge on any atom is -0.274 e. The van der Waals surface area contributed by atoms with Gasteiger partial charge in [-0.1, -0.05) is 12.8 Å². The molecule has 1 aromatic carbocycles. The molecule has 0 aromatic heterocycles. The van der Waals surface area contributed by atoms with Crippen LogP contribution in [-0.2, 0) is 9.59 Å². The number of nitriles is 1. The third-order valence-corrected chi connectivity index (χ3v) is 4.10. The first-order valence-corrected chi connectivity index (χ1v) is 6.60. The summed E-state index contributed by atoms with van der Waals surface area (Å²) in [6.07, 6.45) is 3.70. The van der Waals surface area contributed by atoms with Crippen LogP contribution in [0.15, 0.2) is 24.3 Å². The van der Waals surface area contributed by atoms with Crippen molar-refractivity contribution in [2.75, 3.05) is 4.90 Å². The van der Waals surface area contributed by atoms with E-state index < -0.39 is 0 Å². The largest absolute Gasteiger partial charge is 0.274 e. The van der Waals surface area contributed by atoms with Gasteiger partial charge in [-0.2, -0.15) is 5.26 Å². The lowest BCUT2D eigenvalue weighted by Crippen LogP contribution is -2.30. The second-order valence-electron chi connectivity index (χ2n) is 5.17. The van der Waals surface area contributed by atoms with Gasteiger partial charge in [0.1, 0.15) is 0 Å². The molecule has 2 amide bonds. The molecular weight excluding hydrogens is 240 g/mol. The molecule has 0 unspecified atom stereocenters. The first kappa shape index (κ1) is 11.9. The summed E-state index contributed by atoms with van der Waals surface area (Å²) in [5, 5.41) is 8.77. The highest BCUT2D eigenvalue weighted by molar-refractivity contribution is 6.22. The molecule has 1 saturated carbocycles. The van der Waals surface area contributed by atoms with Crippen molar-refractivity contribution in [3.8, 4) is 6.07 Å². The van der Waals surface area contributed by atoms with E-state index in [4.69, 9.17) is 5.26 Å². The van der Waals surface area contributed by atoms with E-state index in [-0.39, 0.29) is 23.7 Å². The van der Waals surface area contributed by atoms with Crippen LogP contribution in [0, 0.1) is 23.2 Å². The monoisotopic (exact) mass is 254 g/mol. The number of hydrogen-bond acceptors (Lipinski definition) is 3. The molecule has 1 saturated heterocycles. The highest BCUT2D eigenvalue weighted by Gasteiger charge is 2.48. The first-order valence-electron chi connectivity index (χ1n) is 6.60. The van der Waals surface area contributed by atoms with Gasteiger partial charge in [0.15, 0.2) is 0 Å². The Kier molecular flexibility index (Phi) is 2.83. The van der Waals surface area contributed by atoms with Crippen molar-refractivity contribution in [3.05, 3.63) is 29.8 Å². The van der Waals surface area contributed by atoms with Gasteiger partial charge in [0.2, 0.25) is 11.8 Å². The van der Waals surface area contributed by atoms with Crippen molar-refractivity contribution >= 4 is 17.5 Å². The third kappa shape index (κ3) is 1.82. The predicted octanol–water partition coefficient (Wildman–Crippen LogP) is 2.24. The normalized spacial score (nSPS) is 26.2. The van der Waals surface area contributed by atoms with E-state index in [2.05, 4.69) is 0 Å². The van der Waals surface area contributed by atoms with Crippen molar-refractivity contribution in [2.24, 2.45) is 11.8 Å². The fourth-order valence-corrected chi connectivity index (χ4v) is 3.10. The fraction of sp³-hybridized carbons (Fsp3) is 0.400. The minimum atomic E-state index is -0.128. The average Bonchev–Trinajstić information content (AvgIpc) is 2.72. The van der Waals surface area contributed by atoms with Crippen molar-refractivity contribution in [2.45, 2.75) is 25.7 Å². The minimum absolute atomic E-state index is 0.0700. The van der Waals surface area contributed by atoms with Gasteiger partial charge in [0.25, 0.3) is 0 Å². The van der Waals surface area contributed by atoms with Gasteiger partial charge in [-0.15, -0.1) is 0 Å². The Labute approximate surface area is 111 Å². The Balaban J connectivity index is 1.93. The second-order valence-corrected chi connectivity index (χ2v) is 5.17. The molecule has 3 rings (SSSR count). The number of carbonyl (C=O) groups excluding carboxylic acids is 2. The Morgan fingerprint density at radius 1 is 1.00 bits per heavy atom. The molecule has 0 spiro atoms. The van der Waals surface area contributed by atoms with Crippen LogP contribution in [-0.4, -0.2) is 11.8 Å². The zero-order chi connectivity index (χ0) is 13.4. The Morgan fingerprint density at radius 3 is 2.00 bits per heavy atom. The maximum absolute atomic E-state index is 12.3. The Morgan fingerprint density at radius 2 is 1.53 bits per heavy atom. The van der Waals surface area contributed by atoms with Gasteiger partial charge in [0.05, 0.1) is 29.2 Å². The third-order valence-electron chi connectivity index (χ3n) is 4.10. The van der Waals surface area contributed by atoms with Gasteiger partial charge in [0, 0.05) is 0 Å². The number of nitrogens with zero attached hydrogens (tertiary/aromatic N) is 2. The maximum Gasteiger partial charge on any atom is 0.237 e. The van der Waals surface area contributed by atoms with Gasteiger partial charge >= 0.3 is 0 Å². The van der Waals surface area contributed by atoms with Gasteiger partial charge < -0.3 is 0 Å². The molecule has 1 aromatic rings. The van der Waals surface area contributed by atoms with Crippen molar-refractivity contribution < 1.29 is 9.59 Å². The molecule has 0 bridgehead atoms. The number of imide groups is 1. The van der Waals surface area contributed by atoms with Gasteiger partial charge in [-0.25, -0.2) is 0 Å². The molecule has 96 valence electrons. The summed E-state index contributed by atoms with van der Waals surface area (Å²) in [6.45, 7) is 0. The molecule has 4 nitrogen and oxygen atoms in total. The Hall–Kier alpha value is -2.15. The number of anilines is 1. The molecule has 1 aliphatic heterocycles. The lowest BCUT2D eigenvalue weighted by Gasteiger charge is -2.19. The number of rotatable bonds is 1. The number of fused-ring (bicyclic) bond motifs is 1. The molecule has 0 radical (unpaired) electrons. The lowest BCUT2D eigenvalue weighted by atomic mass is 9.81. The number of carbonyl (C=O) groups is 2. The summed E-state index contributed by atoms with van der Waals surface area (Å²) < 4.78 is 0. The summed E-state index contributed by atoms with van der Waals surface area (Å²) in [5.41, 5.74) is 1.11. The smallest absolute Gasteiger partial charge is 0.237 e. The van der Waals surface area contributed by atoms with Crippen LogP contribution in [0.1, 0.15) is 31.2 Å². The van der Waals surface area contributed by atoms with Crippen molar-refractivity contribution in [1.29, 1.82) is 5.26 Å². The highest BCUT2D eigenvalue weighted by Crippen LogP contribution is 2.39. The molecule has 1 aliphatic carbocycles. The molecule has 0 N–H and O–H groups in total. The van der Waals surface area contributed by atoms with Gasteiger partial charge in [-0.05, 0) is 37.1 Å². The number of amides is 2. The standard InChI is InChI=1S/C15H14N2O2/c16-9-10-5-7-11(8-6-10)17-14(18)12-3-1-2-4-13(12)15(17)19/h5-8,12-13H,1-4H2/t12-,13-/m0/s1. The topological polar surface area (TPSA) is 61.2 Å². The second kappa shape index (κ2) is 4.51. The van der Waals surface area contributed by atoms with Crippen LogP contribution >= 0.6 is 0 Å². The lowest BCUT2D eigenvalue weighted by molar-refractivity contribution is -0.122. The summed E-state index contributed by atoms with van der Waals surface area (Å²) in [4.78, 5) is 26.0. The van der Waals surface area contributed by atoms with Crippen LogP contribution in [0.2, 0.25) is 0 Å². The van der Waals surface area contributed by atoms with Crippen LogP contribution < -0.4 is 4.90 Å². The zero-order valence-electron chi connectivity index (χ0n) is 10.5. The van der Waals surface area contributed by atoms with E-state index in [1.165, 1.54) is 4.90 Å². The van der Waals surface area contributed by atoms with Crippen LogP contribution in [0.4, 0.5) is 5.69 Å². The maximum atomic E-state index is 12.3. The average molecular weight is 254 g/mol. The predicted molar refractivity (Wildman–Crippen MR) is 69.1 cm³/mol. The molecular formula is C15H14N2O2. The molecule has 2 fully saturated rings. The molecule has 1 heterocycles.